The van der Waals surface area contributed by atoms with Gasteiger partial charge in [0.05, 0.1) is 9.85 Å². The fourth-order valence-electron chi connectivity index (χ4n) is 1.99. The van der Waals surface area contributed by atoms with Gasteiger partial charge in [0.2, 0.25) is 0 Å². The van der Waals surface area contributed by atoms with Crippen LogP contribution < -0.4 is 0 Å². The van der Waals surface area contributed by atoms with Crippen LogP contribution in [-0.2, 0) is 0 Å². The Kier molecular flexibility index (Phi) is 5.05. The van der Waals surface area contributed by atoms with Gasteiger partial charge in [-0.3, -0.25) is 25.0 Å². The number of aryl methyl sites for hydroxylation is 1. The van der Waals surface area contributed by atoms with Gasteiger partial charge in [-0.25, -0.2) is 0 Å². The highest BCUT2D eigenvalue weighted by Gasteiger charge is 2.14. The van der Waals surface area contributed by atoms with Crippen LogP contribution in [0.2, 0.25) is 5.02 Å². The van der Waals surface area contributed by atoms with Gasteiger partial charge >= 0.3 is 0 Å². The minimum absolute atomic E-state index is 0.144. The summed E-state index contributed by atoms with van der Waals surface area (Å²) in [6.07, 6.45) is 2.50. The second-order valence-electron chi connectivity index (χ2n) is 4.92. The standard InChI is InChI=1S/C16H11ClN2O5/c1-10-2-3-12(9-15(10)19(23)24)16(20)7-4-11-8-13(18(21)22)5-6-14(11)17/h2-9H,1H3/b7-4+. The zero-order valence-corrected chi connectivity index (χ0v) is 13.2. The lowest BCUT2D eigenvalue weighted by molar-refractivity contribution is -0.385. The Morgan fingerprint density at radius 1 is 1.08 bits per heavy atom. The van der Waals surface area contributed by atoms with Gasteiger partial charge in [-0.15, -0.1) is 0 Å². The summed E-state index contributed by atoms with van der Waals surface area (Å²) >= 11 is 5.94. The highest BCUT2D eigenvalue weighted by atomic mass is 35.5. The highest BCUT2D eigenvalue weighted by Crippen LogP contribution is 2.24. The van der Waals surface area contributed by atoms with Crippen molar-refractivity contribution in [1.29, 1.82) is 0 Å². The maximum Gasteiger partial charge on any atom is 0.273 e. The fraction of sp³-hybridized carbons (Fsp3) is 0.0625. The van der Waals surface area contributed by atoms with Crippen LogP contribution in [0.25, 0.3) is 6.08 Å². The molecule has 0 aliphatic heterocycles. The summed E-state index contributed by atoms with van der Waals surface area (Å²) in [5.41, 5.74) is 0.591. The van der Waals surface area contributed by atoms with Gasteiger partial charge < -0.3 is 0 Å². The number of nitro groups is 2. The molecule has 0 amide bonds. The van der Waals surface area contributed by atoms with Crippen LogP contribution in [0.1, 0.15) is 21.5 Å². The molecule has 0 fully saturated rings. The zero-order valence-electron chi connectivity index (χ0n) is 12.4. The topological polar surface area (TPSA) is 103 Å². The SMILES string of the molecule is Cc1ccc(C(=O)/C=C/c2cc([N+](=O)[O-])ccc2Cl)cc1[N+](=O)[O-]. The number of hydrogen-bond acceptors (Lipinski definition) is 5. The van der Waals surface area contributed by atoms with E-state index in [1.165, 1.54) is 48.6 Å². The quantitative estimate of drug-likeness (QED) is 0.346. The summed E-state index contributed by atoms with van der Waals surface area (Å²) < 4.78 is 0. The van der Waals surface area contributed by atoms with Crippen molar-refractivity contribution in [2.24, 2.45) is 0 Å². The van der Waals surface area contributed by atoms with Crippen molar-refractivity contribution in [3.63, 3.8) is 0 Å². The van der Waals surface area contributed by atoms with Gasteiger partial charge in [-0.1, -0.05) is 23.7 Å². The number of hydrogen-bond donors (Lipinski definition) is 0. The van der Waals surface area contributed by atoms with E-state index in [0.29, 0.717) is 11.1 Å². The molecule has 0 radical (unpaired) electrons. The van der Waals surface area contributed by atoms with E-state index < -0.39 is 15.6 Å². The monoisotopic (exact) mass is 346 g/mol. The Hall–Kier alpha value is -3.06. The molecule has 0 aromatic heterocycles. The Balaban J connectivity index is 2.31. The molecule has 7 nitrogen and oxygen atoms in total. The molecule has 2 aromatic rings. The first-order valence-corrected chi connectivity index (χ1v) is 7.09. The zero-order chi connectivity index (χ0) is 17.9. The minimum Gasteiger partial charge on any atom is -0.289 e. The molecule has 2 aromatic carbocycles. The molecule has 0 atom stereocenters. The predicted octanol–water partition coefficient (Wildman–Crippen LogP) is 4.36. The molecule has 0 unspecified atom stereocenters. The Morgan fingerprint density at radius 3 is 2.42 bits per heavy atom. The largest absolute Gasteiger partial charge is 0.289 e. The van der Waals surface area contributed by atoms with E-state index in [-0.39, 0.29) is 22.0 Å². The Bertz CT molecular complexity index is 877. The third kappa shape index (κ3) is 3.82. The van der Waals surface area contributed by atoms with E-state index >= 15 is 0 Å². The molecule has 0 heterocycles. The molecular weight excluding hydrogens is 336 g/mol. The molecule has 24 heavy (non-hydrogen) atoms. The number of halogens is 1. The number of non-ortho nitro benzene ring substituents is 1. The molecule has 0 aliphatic carbocycles. The van der Waals surface area contributed by atoms with Gasteiger partial charge in [0.15, 0.2) is 5.78 Å². The lowest BCUT2D eigenvalue weighted by atomic mass is 10.1. The first kappa shape index (κ1) is 17.3. The average Bonchev–Trinajstić information content (AvgIpc) is 2.53. The molecule has 0 aliphatic rings. The van der Waals surface area contributed by atoms with Crippen LogP contribution in [0.3, 0.4) is 0 Å². The second-order valence-corrected chi connectivity index (χ2v) is 5.33. The fourth-order valence-corrected chi connectivity index (χ4v) is 2.17. The molecule has 8 heteroatoms. The van der Waals surface area contributed by atoms with Crippen molar-refractivity contribution in [2.45, 2.75) is 6.92 Å². The lowest BCUT2D eigenvalue weighted by Gasteiger charge is -2.01. The Morgan fingerprint density at radius 2 is 1.79 bits per heavy atom. The number of nitro benzene ring substituents is 2. The molecule has 122 valence electrons. The number of rotatable bonds is 5. The van der Waals surface area contributed by atoms with E-state index in [4.69, 9.17) is 11.6 Å². The van der Waals surface area contributed by atoms with E-state index in [2.05, 4.69) is 0 Å². The molecule has 0 spiro atoms. The predicted molar refractivity (Wildman–Crippen MR) is 89.3 cm³/mol. The summed E-state index contributed by atoms with van der Waals surface area (Å²) in [4.78, 5) is 32.7. The normalized spacial score (nSPS) is 10.8. The molecule has 0 saturated carbocycles. The lowest BCUT2D eigenvalue weighted by Crippen LogP contribution is -1.98. The number of allylic oxidation sites excluding steroid dienone is 1. The van der Waals surface area contributed by atoms with Crippen LogP contribution in [0.15, 0.2) is 42.5 Å². The van der Waals surface area contributed by atoms with Crippen molar-refractivity contribution in [3.05, 3.63) is 84.4 Å². The first-order chi connectivity index (χ1) is 11.3. The maximum absolute atomic E-state index is 12.1. The third-order valence-corrected chi connectivity index (χ3v) is 3.64. The van der Waals surface area contributed by atoms with E-state index in [0.717, 1.165) is 0 Å². The minimum atomic E-state index is -0.571. The van der Waals surface area contributed by atoms with Crippen molar-refractivity contribution < 1.29 is 14.6 Å². The van der Waals surface area contributed by atoms with Crippen LogP contribution in [0, 0.1) is 27.2 Å². The summed E-state index contributed by atoms with van der Waals surface area (Å²) in [5.74, 6) is -0.472. The highest BCUT2D eigenvalue weighted by molar-refractivity contribution is 6.32. The number of carbonyl (C=O) groups excluding carboxylic acids is 1. The van der Waals surface area contributed by atoms with Crippen LogP contribution in [-0.4, -0.2) is 15.6 Å². The van der Waals surface area contributed by atoms with Gasteiger partial charge in [0, 0.05) is 34.3 Å². The van der Waals surface area contributed by atoms with Crippen molar-refractivity contribution >= 4 is 34.8 Å². The van der Waals surface area contributed by atoms with Crippen molar-refractivity contribution in [2.75, 3.05) is 0 Å². The summed E-state index contributed by atoms with van der Waals surface area (Å²) in [5, 5.41) is 21.9. The molecule has 2 rings (SSSR count). The number of carbonyl (C=O) groups is 1. The summed E-state index contributed by atoms with van der Waals surface area (Å²) in [7, 11) is 0. The molecular formula is C16H11ClN2O5. The van der Waals surface area contributed by atoms with Gasteiger partial charge in [0.1, 0.15) is 0 Å². The van der Waals surface area contributed by atoms with Crippen LogP contribution in [0.4, 0.5) is 11.4 Å². The average molecular weight is 347 g/mol. The van der Waals surface area contributed by atoms with Gasteiger partial charge in [0.25, 0.3) is 11.4 Å². The molecule has 0 N–H and O–H groups in total. The Labute approximate surface area is 141 Å². The second kappa shape index (κ2) is 7.01. The maximum atomic E-state index is 12.1. The third-order valence-electron chi connectivity index (χ3n) is 3.30. The van der Waals surface area contributed by atoms with E-state index in [1.807, 2.05) is 0 Å². The number of benzene rings is 2. The van der Waals surface area contributed by atoms with Crippen LogP contribution >= 0.6 is 11.6 Å². The van der Waals surface area contributed by atoms with E-state index in [9.17, 15) is 25.0 Å². The van der Waals surface area contributed by atoms with Crippen molar-refractivity contribution in [3.8, 4) is 0 Å². The molecule has 0 saturated heterocycles. The number of nitrogens with zero attached hydrogens (tertiary/aromatic N) is 2. The smallest absolute Gasteiger partial charge is 0.273 e. The van der Waals surface area contributed by atoms with Crippen LogP contribution in [0.5, 0.6) is 0 Å². The van der Waals surface area contributed by atoms with Gasteiger partial charge in [-0.2, -0.15) is 0 Å². The molecule has 0 bridgehead atoms. The first-order valence-electron chi connectivity index (χ1n) is 6.71. The summed E-state index contributed by atoms with van der Waals surface area (Å²) in [6, 6.07) is 8.01. The van der Waals surface area contributed by atoms with Crippen molar-refractivity contribution in [1.82, 2.24) is 0 Å². The van der Waals surface area contributed by atoms with E-state index in [1.54, 1.807) is 6.92 Å². The number of ketones is 1. The summed E-state index contributed by atoms with van der Waals surface area (Å²) in [6.45, 7) is 1.57. The van der Waals surface area contributed by atoms with Gasteiger partial charge in [-0.05, 0) is 30.7 Å².